The van der Waals surface area contributed by atoms with Gasteiger partial charge >= 0.3 is 12.1 Å². The SMILES string of the molecule is O=C/C(C/C=C/CN(Cc1ccccc1)C(=O)OCc1ccccc1)=C1/O[C@@H]2CC(=O)N2C1C(=O)OCc1ccccc1. The Morgan fingerprint density at radius 2 is 1.42 bits per heavy atom. The Kier molecular flexibility index (Phi) is 9.63. The van der Waals surface area contributed by atoms with Crippen LogP contribution in [0.3, 0.4) is 0 Å². The van der Waals surface area contributed by atoms with Gasteiger partial charge in [0.2, 0.25) is 5.91 Å². The van der Waals surface area contributed by atoms with Crippen LogP contribution < -0.4 is 0 Å². The monoisotopic (exact) mass is 580 g/mol. The smallest absolute Gasteiger partial charge is 0.410 e. The summed E-state index contributed by atoms with van der Waals surface area (Å²) in [6, 6.07) is 27.1. The van der Waals surface area contributed by atoms with Crippen LogP contribution in [0.5, 0.6) is 0 Å². The summed E-state index contributed by atoms with van der Waals surface area (Å²) >= 11 is 0. The molecule has 2 amide bonds. The van der Waals surface area contributed by atoms with Crippen molar-refractivity contribution < 1.29 is 33.4 Å². The van der Waals surface area contributed by atoms with Crippen LogP contribution >= 0.6 is 0 Å². The van der Waals surface area contributed by atoms with E-state index >= 15 is 0 Å². The number of nitrogens with zero attached hydrogens (tertiary/aromatic N) is 2. The van der Waals surface area contributed by atoms with Gasteiger partial charge in [-0.2, -0.15) is 0 Å². The van der Waals surface area contributed by atoms with E-state index in [-0.39, 0.29) is 49.8 Å². The Balaban J connectivity index is 1.26. The topological polar surface area (TPSA) is 102 Å². The molecule has 0 aromatic heterocycles. The molecule has 0 N–H and O–H groups in total. The normalized spacial score (nSPS) is 18.3. The maximum Gasteiger partial charge on any atom is 0.410 e. The van der Waals surface area contributed by atoms with Crippen LogP contribution in [-0.2, 0) is 48.4 Å². The first-order chi connectivity index (χ1) is 21.0. The molecule has 5 rings (SSSR count). The van der Waals surface area contributed by atoms with Crippen molar-refractivity contribution in [2.75, 3.05) is 6.54 Å². The number of amides is 2. The third-order valence-corrected chi connectivity index (χ3v) is 7.15. The maximum atomic E-state index is 13.1. The fraction of sp³-hybridized carbons (Fsp3) is 0.235. The van der Waals surface area contributed by atoms with Gasteiger partial charge in [0, 0.05) is 18.7 Å². The quantitative estimate of drug-likeness (QED) is 0.0985. The van der Waals surface area contributed by atoms with Gasteiger partial charge in [-0.15, -0.1) is 0 Å². The number of benzene rings is 3. The highest BCUT2D eigenvalue weighted by atomic mass is 16.6. The van der Waals surface area contributed by atoms with Gasteiger partial charge in [0.05, 0.1) is 6.42 Å². The van der Waals surface area contributed by atoms with Crippen molar-refractivity contribution in [1.29, 1.82) is 0 Å². The van der Waals surface area contributed by atoms with Crippen molar-refractivity contribution in [3.8, 4) is 0 Å². The molecule has 2 saturated heterocycles. The van der Waals surface area contributed by atoms with Crippen molar-refractivity contribution >= 4 is 24.3 Å². The maximum absolute atomic E-state index is 13.1. The number of ether oxygens (including phenoxy) is 3. The molecule has 2 aliphatic heterocycles. The molecule has 0 radical (unpaired) electrons. The van der Waals surface area contributed by atoms with E-state index in [4.69, 9.17) is 14.2 Å². The largest absolute Gasteiger partial charge is 0.471 e. The molecular weight excluding hydrogens is 548 g/mol. The third kappa shape index (κ3) is 7.37. The Bertz CT molecular complexity index is 1490. The molecule has 2 fully saturated rings. The lowest BCUT2D eigenvalue weighted by molar-refractivity contribution is -0.166. The summed E-state index contributed by atoms with van der Waals surface area (Å²) in [5, 5.41) is 0. The Hall–Kier alpha value is -5.18. The Morgan fingerprint density at radius 3 is 2.00 bits per heavy atom. The highest BCUT2D eigenvalue weighted by Crippen LogP contribution is 2.38. The second-order valence-electron chi connectivity index (χ2n) is 10.2. The summed E-state index contributed by atoms with van der Waals surface area (Å²) in [6.07, 6.45) is 3.30. The Morgan fingerprint density at radius 1 is 0.837 bits per heavy atom. The Labute approximate surface area is 250 Å². The number of hydrogen-bond donors (Lipinski definition) is 0. The number of aldehydes is 1. The van der Waals surface area contributed by atoms with E-state index in [0.29, 0.717) is 12.8 Å². The highest BCUT2D eigenvalue weighted by Gasteiger charge is 2.55. The lowest BCUT2D eigenvalue weighted by Gasteiger charge is -2.33. The molecule has 220 valence electrons. The van der Waals surface area contributed by atoms with E-state index in [9.17, 15) is 19.2 Å². The molecular formula is C34H32N2O7. The molecule has 2 heterocycles. The zero-order chi connectivity index (χ0) is 30.0. The fourth-order valence-corrected chi connectivity index (χ4v) is 4.86. The van der Waals surface area contributed by atoms with Crippen molar-refractivity contribution in [3.05, 3.63) is 131 Å². The van der Waals surface area contributed by atoms with Gasteiger partial charge in [-0.1, -0.05) is 103 Å². The summed E-state index contributed by atoms with van der Waals surface area (Å²) in [5.74, 6) is -0.780. The molecule has 0 saturated carbocycles. The molecule has 1 unspecified atom stereocenters. The first-order valence-electron chi connectivity index (χ1n) is 14.0. The molecule has 9 nitrogen and oxygen atoms in total. The molecule has 2 aliphatic rings. The van der Waals surface area contributed by atoms with Crippen molar-refractivity contribution in [1.82, 2.24) is 9.80 Å². The summed E-state index contributed by atoms with van der Waals surface area (Å²) in [6.45, 7) is 0.730. The van der Waals surface area contributed by atoms with Crippen LogP contribution in [0.4, 0.5) is 4.79 Å². The van der Waals surface area contributed by atoms with E-state index in [1.807, 2.05) is 91.0 Å². The first-order valence-corrected chi connectivity index (χ1v) is 14.0. The third-order valence-electron chi connectivity index (χ3n) is 7.15. The number of fused-ring (bicyclic) bond motifs is 1. The van der Waals surface area contributed by atoms with E-state index in [0.717, 1.165) is 16.7 Å². The van der Waals surface area contributed by atoms with Crippen LogP contribution in [0.15, 0.2) is 114 Å². The number of carbonyl (C=O) groups is 4. The van der Waals surface area contributed by atoms with Crippen molar-refractivity contribution in [3.63, 3.8) is 0 Å². The standard InChI is InChI=1S/C34H32N2O7/c37-22-28(32-31(36-29(38)20-30(36)43-32)33(39)41-23-26-14-6-2-7-15-26)18-10-11-19-35(21-25-12-4-1-5-13-25)34(40)42-24-27-16-8-3-9-17-27/h1-17,22,30-31H,18-21,23-24H2/b11-10+,32-28+/t30-,31?/m1/s1. The molecule has 43 heavy (non-hydrogen) atoms. The number of allylic oxidation sites excluding steroid dienone is 2. The van der Waals surface area contributed by atoms with Crippen molar-refractivity contribution in [2.45, 2.75) is 44.9 Å². The predicted molar refractivity (Wildman–Crippen MR) is 157 cm³/mol. The number of β-lactam (4-membered cyclic amide) rings is 1. The van der Waals surface area contributed by atoms with Gasteiger partial charge in [-0.25, -0.2) is 9.59 Å². The van der Waals surface area contributed by atoms with Gasteiger partial charge in [-0.05, 0) is 23.1 Å². The summed E-state index contributed by atoms with van der Waals surface area (Å²) in [4.78, 5) is 53.4. The molecule has 0 spiro atoms. The second kappa shape index (κ2) is 14.1. The molecule has 3 aromatic carbocycles. The molecule has 0 aliphatic carbocycles. The van der Waals surface area contributed by atoms with Crippen LogP contribution in [0.1, 0.15) is 29.5 Å². The number of esters is 1. The fourth-order valence-electron chi connectivity index (χ4n) is 4.86. The van der Waals surface area contributed by atoms with Crippen LogP contribution in [-0.4, -0.2) is 52.9 Å². The van der Waals surface area contributed by atoms with Gasteiger partial charge in [0.1, 0.15) is 25.3 Å². The summed E-state index contributed by atoms with van der Waals surface area (Å²) < 4.78 is 16.9. The predicted octanol–water partition coefficient (Wildman–Crippen LogP) is 4.93. The minimum atomic E-state index is -1.12. The highest BCUT2D eigenvalue weighted by molar-refractivity contribution is 5.93. The van der Waals surface area contributed by atoms with Crippen LogP contribution in [0, 0.1) is 0 Å². The zero-order valence-electron chi connectivity index (χ0n) is 23.5. The van der Waals surface area contributed by atoms with Gasteiger partial charge < -0.3 is 19.1 Å². The summed E-state index contributed by atoms with van der Waals surface area (Å²) in [7, 11) is 0. The average Bonchev–Trinajstić information content (AvgIpc) is 3.36. The lowest BCUT2D eigenvalue weighted by atomic mass is 10.0. The minimum Gasteiger partial charge on any atom is -0.471 e. The molecule has 0 bridgehead atoms. The minimum absolute atomic E-state index is 0.0318. The zero-order valence-corrected chi connectivity index (χ0v) is 23.5. The number of rotatable bonds is 12. The number of carbonyl (C=O) groups excluding carboxylic acids is 4. The van der Waals surface area contributed by atoms with E-state index in [1.165, 1.54) is 4.90 Å². The van der Waals surface area contributed by atoms with Gasteiger partial charge in [0.25, 0.3) is 0 Å². The van der Waals surface area contributed by atoms with Gasteiger partial charge in [-0.3, -0.25) is 14.5 Å². The van der Waals surface area contributed by atoms with Crippen LogP contribution in [0.25, 0.3) is 0 Å². The van der Waals surface area contributed by atoms with E-state index in [1.54, 1.807) is 17.1 Å². The van der Waals surface area contributed by atoms with Crippen molar-refractivity contribution in [2.24, 2.45) is 0 Å². The summed E-state index contributed by atoms with van der Waals surface area (Å²) in [5.41, 5.74) is 2.84. The average molecular weight is 581 g/mol. The van der Waals surface area contributed by atoms with Gasteiger partial charge in [0.15, 0.2) is 12.3 Å². The van der Waals surface area contributed by atoms with E-state index < -0.39 is 24.3 Å². The lowest BCUT2D eigenvalue weighted by Crippen LogP contribution is -2.55. The molecule has 2 atom stereocenters. The van der Waals surface area contributed by atoms with Crippen LogP contribution in [0.2, 0.25) is 0 Å². The second-order valence-corrected chi connectivity index (χ2v) is 10.2. The molecule has 9 heteroatoms. The van der Waals surface area contributed by atoms with E-state index in [2.05, 4.69) is 0 Å². The molecule has 3 aromatic rings. The number of hydrogen-bond acceptors (Lipinski definition) is 7. The first kappa shape index (κ1) is 29.3.